The van der Waals surface area contributed by atoms with Crippen molar-refractivity contribution in [2.75, 3.05) is 0 Å². The number of halogens is 2. The number of hydrogen-bond acceptors (Lipinski definition) is 5. The second-order valence-corrected chi connectivity index (χ2v) is 5.94. The van der Waals surface area contributed by atoms with Crippen LogP contribution in [-0.2, 0) is 6.54 Å². The molecule has 1 aromatic heterocycles. The van der Waals surface area contributed by atoms with E-state index in [2.05, 4.69) is 15.3 Å². The third-order valence-electron chi connectivity index (χ3n) is 3.69. The first-order valence-electron chi connectivity index (χ1n) is 7.73. The largest absolute Gasteiger partial charge is 0.346 e. The number of carbonyl (C=O) groups excluding carboxylic acids is 1. The fourth-order valence-corrected chi connectivity index (χ4v) is 2.56. The molecule has 3 rings (SSSR count). The van der Waals surface area contributed by atoms with Crippen LogP contribution in [0.15, 0.2) is 54.9 Å². The summed E-state index contributed by atoms with van der Waals surface area (Å²) in [4.78, 5) is 30.9. The quantitative estimate of drug-likeness (QED) is 0.531. The molecule has 0 spiro atoms. The molecule has 0 unspecified atom stereocenters. The van der Waals surface area contributed by atoms with Gasteiger partial charge in [-0.3, -0.25) is 14.9 Å². The molecule has 0 aliphatic heterocycles. The monoisotopic (exact) mass is 386 g/mol. The lowest BCUT2D eigenvalue weighted by Crippen LogP contribution is -2.24. The fourth-order valence-electron chi connectivity index (χ4n) is 2.39. The average molecular weight is 387 g/mol. The van der Waals surface area contributed by atoms with Crippen LogP contribution in [0, 0.1) is 15.9 Å². The molecule has 1 heterocycles. The second kappa shape index (κ2) is 7.88. The van der Waals surface area contributed by atoms with Gasteiger partial charge in [0, 0.05) is 16.7 Å². The Morgan fingerprint density at radius 3 is 2.59 bits per heavy atom. The normalized spacial score (nSPS) is 10.4. The van der Waals surface area contributed by atoms with Crippen molar-refractivity contribution in [2.24, 2.45) is 0 Å². The Hall–Kier alpha value is -3.39. The van der Waals surface area contributed by atoms with Gasteiger partial charge in [-0.1, -0.05) is 11.6 Å². The van der Waals surface area contributed by atoms with E-state index in [9.17, 15) is 19.3 Å². The summed E-state index contributed by atoms with van der Waals surface area (Å²) >= 11 is 5.83. The van der Waals surface area contributed by atoms with Gasteiger partial charge in [0.05, 0.1) is 22.9 Å². The summed E-state index contributed by atoms with van der Waals surface area (Å²) in [5.74, 6) is -1.01. The number of carbonyl (C=O) groups is 1. The summed E-state index contributed by atoms with van der Waals surface area (Å²) in [5.41, 5.74) is 1.26. The predicted octanol–water partition coefficient (Wildman–Crippen LogP) is 3.77. The summed E-state index contributed by atoms with van der Waals surface area (Å²) < 4.78 is 13.0. The highest BCUT2D eigenvalue weighted by atomic mass is 35.5. The molecule has 0 atom stereocenters. The van der Waals surface area contributed by atoms with E-state index in [-0.39, 0.29) is 28.6 Å². The molecule has 3 aromatic rings. The average Bonchev–Trinajstić information content (AvgIpc) is 2.66. The number of benzene rings is 2. The van der Waals surface area contributed by atoms with Gasteiger partial charge in [0.1, 0.15) is 17.7 Å². The van der Waals surface area contributed by atoms with E-state index in [0.29, 0.717) is 17.0 Å². The van der Waals surface area contributed by atoms with Crippen LogP contribution in [0.2, 0.25) is 5.02 Å². The van der Waals surface area contributed by atoms with Gasteiger partial charge in [-0.2, -0.15) is 0 Å². The van der Waals surface area contributed by atoms with Crippen molar-refractivity contribution in [1.82, 2.24) is 15.3 Å². The van der Waals surface area contributed by atoms with Crippen molar-refractivity contribution < 1.29 is 14.1 Å². The Morgan fingerprint density at radius 2 is 1.89 bits per heavy atom. The maximum absolute atomic E-state index is 13.0. The highest BCUT2D eigenvalue weighted by Gasteiger charge is 2.20. The van der Waals surface area contributed by atoms with E-state index in [1.807, 2.05) is 0 Å². The first kappa shape index (κ1) is 18.4. The van der Waals surface area contributed by atoms with Crippen molar-refractivity contribution in [3.63, 3.8) is 0 Å². The third kappa shape index (κ3) is 4.42. The lowest BCUT2D eigenvalue weighted by Gasteiger charge is -2.07. The standard InChI is InChI=1S/C18H12ClFN4O3/c19-12-3-6-17(24(26)27)15(7-12)18(25)21-9-14-8-16(23-10-22-14)11-1-4-13(20)5-2-11/h1-8,10H,9H2,(H,21,25). The van der Waals surface area contributed by atoms with Crippen molar-refractivity contribution in [3.8, 4) is 11.3 Å². The number of nitrogens with zero attached hydrogens (tertiary/aromatic N) is 3. The molecule has 0 fully saturated rings. The molecule has 1 N–H and O–H groups in total. The van der Waals surface area contributed by atoms with Crippen LogP contribution in [0.1, 0.15) is 16.1 Å². The molecular weight excluding hydrogens is 375 g/mol. The highest BCUT2D eigenvalue weighted by Crippen LogP contribution is 2.23. The molecule has 136 valence electrons. The zero-order valence-corrected chi connectivity index (χ0v) is 14.5. The summed E-state index contributed by atoms with van der Waals surface area (Å²) in [6, 6.07) is 11.2. The molecular formula is C18H12ClFN4O3. The van der Waals surface area contributed by atoms with Crippen LogP contribution >= 0.6 is 11.6 Å². The van der Waals surface area contributed by atoms with Gasteiger partial charge in [-0.15, -0.1) is 0 Å². The van der Waals surface area contributed by atoms with E-state index in [1.165, 1.54) is 36.7 Å². The Labute approximate surface area is 158 Å². The highest BCUT2D eigenvalue weighted by molar-refractivity contribution is 6.31. The fraction of sp³-hybridized carbons (Fsp3) is 0.0556. The first-order valence-corrected chi connectivity index (χ1v) is 8.11. The van der Waals surface area contributed by atoms with Gasteiger partial charge < -0.3 is 5.32 Å². The molecule has 9 heteroatoms. The zero-order chi connectivity index (χ0) is 19.4. The lowest BCUT2D eigenvalue weighted by molar-refractivity contribution is -0.385. The van der Waals surface area contributed by atoms with Gasteiger partial charge in [0.2, 0.25) is 0 Å². The number of hydrogen-bond donors (Lipinski definition) is 1. The number of nitrogens with one attached hydrogen (secondary N) is 1. The molecule has 0 radical (unpaired) electrons. The number of nitro groups is 1. The lowest BCUT2D eigenvalue weighted by atomic mass is 10.1. The third-order valence-corrected chi connectivity index (χ3v) is 3.93. The van der Waals surface area contributed by atoms with E-state index in [4.69, 9.17) is 11.6 Å². The predicted molar refractivity (Wildman–Crippen MR) is 96.7 cm³/mol. The first-order chi connectivity index (χ1) is 12.9. The van der Waals surface area contributed by atoms with Gasteiger partial charge in [0.15, 0.2) is 0 Å². The van der Waals surface area contributed by atoms with Crippen LogP contribution in [-0.4, -0.2) is 20.8 Å². The Morgan fingerprint density at radius 1 is 1.15 bits per heavy atom. The van der Waals surface area contributed by atoms with Crippen LogP contribution in [0.3, 0.4) is 0 Å². The zero-order valence-electron chi connectivity index (χ0n) is 13.7. The van der Waals surface area contributed by atoms with E-state index >= 15 is 0 Å². The second-order valence-electron chi connectivity index (χ2n) is 5.50. The molecule has 0 saturated carbocycles. The Kier molecular flexibility index (Phi) is 5.37. The number of rotatable bonds is 5. The molecule has 0 aliphatic rings. The van der Waals surface area contributed by atoms with Crippen molar-refractivity contribution in [3.05, 3.63) is 87.1 Å². The van der Waals surface area contributed by atoms with E-state index in [0.717, 1.165) is 0 Å². The maximum atomic E-state index is 13.0. The van der Waals surface area contributed by atoms with Gasteiger partial charge in [-0.25, -0.2) is 14.4 Å². The number of amides is 1. The van der Waals surface area contributed by atoms with Crippen molar-refractivity contribution >= 4 is 23.2 Å². The van der Waals surface area contributed by atoms with E-state index < -0.39 is 10.8 Å². The number of aromatic nitrogens is 2. The topological polar surface area (TPSA) is 98.0 Å². The summed E-state index contributed by atoms with van der Waals surface area (Å²) in [6.07, 6.45) is 1.32. The minimum absolute atomic E-state index is 0.0270. The summed E-state index contributed by atoms with van der Waals surface area (Å²) in [5, 5.41) is 13.9. The minimum Gasteiger partial charge on any atom is -0.346 e. The molecule has 1 amide bonds. The van der Waals surface area contributed by atoms with Crippen LogP contribution in [0.25, 0.3) is 11.3 Å². The van der Waals surface area contributed by atoms with Crippen LogP contribution < -0.4 is 5.32 Å². The minimum atomic E-state index is -0.650. The maximum Gasteiger partial charge on any atom is 0.282 e. The van der Waals surface area contributed by atoms with Crippen LogP contribution in [0.5, 0.6) is 0 Å². The molecule has 2 aromatic carbocycles. The number of nitro benzene ring substituents is 1. The van der Waals surface area contributed by atoms with Gasteiger partial charge in [0.25, 0.3) is 11.6 Å². The van der Waals surface area contributed by atoms with Crippen LogP contribution in [0.4, 0.5) is 10.1 Å². The smallest absolute Gasteiger partial charge is 0.282 e. The summed E-state index contributed by atoms with van der Waals surface area (Å²) in [7, 11) is 0. The van der Waals surface area contributed by atoms with Gasteiger partial charge >= 0.3 is 0 Å². The van der Waals surface area contributed by atoms with Crippen molar-refractivity contribution in [2.45, 2.75) is 6.54 Å². The van der Waals surface area contributed by atoms with Crippen molar-refractivity contribution in [1.29, 1.82) is 0 Å². The van der Waals surface area contributed by atoms with E-state index in [1.54, 1.807) is 18.2 Å². The molecule has 27 heavy (non-hydrogen) atoms. The molecule has 7 nitrogen and oxygen atoms in total. The Bertz CT molecular complexity index is 1010. The Balaban J connectivity index is 1.77. The molecule has 0 aliphatic carbocycles. The molecule has 0 bridgehead atoms. The summed E-state index contributed by atoms with van der Waals surface area (Å²) in [6.45, 7) is 0.0270. The van der Waals surface area contributed by atoms with Gasteiger partial charge in [-0.05, 0) is 42.5 Å². The molecule has 0 saturated heterocycles. The SMILES string of the molecule is O=C(NCc1cc(-c2ccc(F)cc2)ncn1)c1cc(Cl)ccc1[N+](=O)[O-].